The van der Waals surface area contributed by atoms with Crippen LogP contribution in [0.25, 0.3) is 0 Å². The number of nitrogens with zero attached hydrogens (tertiary/aromatic N) is 2. The van der Waals surface area contributed by atoms with Gasteiger partial charge in [0.15, 0.2) is 5.54 Å². The molecule has 8 heteroatoms. The molecule has 1 spiro atoms. The van der Waals surface area contributed by atoms with Crippen molar-refractivity contribution in [2.75, 3.05) is 19.0 Å². The van der Waals surface area contributed by atoms with Crippen LogP contribution in [0, 0.1) is 10.1 Å². The van der Waals surface area contributed by atoms with Gasteiger partial charge in [0.25, 0.3) is 11.9 Å². The quantitative estimate of drug-likeness (QED) is 0.562. The summed E-state index contributed by atoms with van der Waals surface area (Å²) in [6.07, 6.45) is 1.71. The molecule has 150 valence electrons. The molecule has 1 N–H and O–H groups in total. The van der Waals surface area contributed by atoms with E-state index in [1.807, 2.05) is 42.5 Å². The van der Waals surface area contributed by atoms with Gasteiger partial charge >= 0.3 is 0 Å². The molecule has 4 atom stereocenters. The van der Waals surface area contributed by atoms with Crippen LogP contribution in [-0.4, -0.2) is 41.5 Å². The fourth-order valence-electron chi connectivity index (χ4n) is 5.71. The average Bonchev–Trinajstić information content (AvgIpc) is 3.35. The van der Waals surface area contributed by atoms with Crippen LogP contribution >= 0.6 is 15.9 Å². The molecule has 2 aromatic rings. The van der Waals surface area contributed by atoms with Gasteiger partial charge in [0.1, 0.15) is 5.75 Å². The predicted molar refractivity (Wildman–Crippen MR) is 111 cm³/mol. The van der Waals surface area contributed by atoms with Crippen LogP contribution in [0.2, 0.25) is 0 Å². The molecule has 0 aliphatic carbocycles. The Labute approximate surface area is 176 Å². The minimum atomic E-state index is -1.31. The van der Waals surface area contributed by atoms with Crippen LogP contribution in [0.4, 0.5) is 5.69 Å². The van der Waals surface area contributed by atoms with E-state index in [9.17, 15) is 14.9 Å². The summed E-state index contributed by atoms with van der Waals surface area (Å²) in [6, 6.07) is 11.7. The Bertz CT molecular complexity index is 1030. The Morgan fingerprint density at radius 3 is 2.86 bits per heavy atom. The van der Waals surface area contributed by atoms with Crippen molar-refractivity contribution in [3.05, 3.63) is 68.2 Å². The van der Waals surface area contributed by atoms with Gasteiger partial charge in [0.05, 0.1) is 13.0 Å². The number of ether oxygens (including phenoxy) is 1. The number of anilines is 1. The zero-order valence-electron chi connectivity index (χ0n) is 15.8. The number of fused-ring (bicyclic) bond motifs is 4. The highest BCUT2D eigenvalue weighted by molar-refractivity contribution is 9.10. The molecule has 0 bridgehead atoms. The number of rotatable bonds is 3. The topological polar surface area (TPSA) is 84.7 Å². The van der Waals surface area contributed by atoms with Crippen LogP contribution in [0.3, 0.4) is 0 Å². The van der Waals surface area contributed by atoms with Crippen molar-refractivity contribution < 1.29 is 14.5 Å². The van der Waals surface area contributed by atoms with E-state index in [0.29, 0.717) is 23.5 Å². The first-order valence-electron chi connectivity index (χ1n) is 9.64. The molecule has 2 saturated heterocycles. The highest BCUT2D eigenvalue weighted by Gasteiger charge is 2.73. The lowest BCUT2D eigenvalue weighted by atomic mass is 9.77. The number of amides is 1. The Kier molecular flexibility index (Phi) is 4.18. The molecular formula is C21H20BrN3O4. The van der Waals surface area contributed by atoms with Gasteiger partial charge in [-0.2, -0.15) is 0 Å². The van der Waals surface area contributed by atoms with Gasteiger partial charge in [-0.1, -0.05) is 34.1 Å². The van der Waals surface area contributed by atoms with E-state index < -0.39 is 17.5 Å². The number of para-hydroxylation sites is 1. The summed E-state index contributed by atoms with van der Waals surface area (Å²) in [6.45, 7) is 0.656. The smallest absolute Gasteiger partial charge is 0.256 e. The molecule has 5 rings (SSSR count). The highest BCUT2D eigenvalue weighted by atomic mass is 79.9. The predicted octanol–water partition coefficient (Wildman–Crippen LogP) is 3.51. The molecule has 0 radical (unpaired) electrons. The second kappa shape index (κ2) is 6.53. The van der Waals surface area contributed by atoms with Crippen molar-refractivity contribution in [1.82, 2.24) is 4.90 Å². The van der Waals surface area contributed by atoms with Crippen LogP contribution in [0.5, 0.6) is 5.75 Å². The third-order valence-electron chi connectivity index (χ3n) is 6.65. The number of benzene rings is 2. The van der Waals surface area contributed by atoms with E-state index in [1.54, 1.807) is 7.11 Å². The van der Waals surface area contributed by atoms with Gasteiger partial charge < -0.3 is 10.1 Å². The summed E-state index contributed by atoms with van der Waals surface area (Å²) in [7, 11) is 1.57. The van der Waals surface area contributed by atoms with Crippen molar-refractivity contribution in [1.29, 1.82) is 0 Å². The lowest BCUT2D eigenvalue weighted by Gasteiger charge is -2.32. The first-order chi connectivity index (χ1) is 14.0. The van der Waals surface area contributed by atoms with E-state index in [2.05, 4.69) is 26.1 Å². The number of hydrogen-bond donors (Lipinski definition) is 1. The van der Waals surface area contributed by atoms with Crippen molar-refractivity contribution >= 4 is 27.5 Å². The fourth-order valence-corrected chi connectivity index (χ4v) is 6.09. The molecule has 0 aromatic heterocycles. The fraction of sp³-hybridized carbons (Fsp3) is 0.381. The zero-order chi connectivity index (χ0) is 20.3. The number of carbonyl (C=O) groups excluding carboxylic acids is 1. The minimum Gasteiger partial charge on any atom is -0.496 e. The molecule has 1 amide bonds. The first-order valence-corrected chi connectivity index (χ1v) is 10.4. The standard InChI is InChI=1S/C21H20BrN3O4/c1-29-17-9-8-12(22)11-13(17)18-16-7-4-10-24(16)21(19(18)25(27)28)14-5-2-3-6-15(14)23-20(21)26/h2-3,5-6,8-9,11,16,18-19H,4,7,10H2,1H3,(H,23,26)/t16-,18+,19-,21+/m0/s1. The van der Waals surface area contributed by atoms with E-state index >= 15 is 0 Å². The first kappa shape index (κ1) is 18.6. The zero-order valence-corrected chi connectivity index (χ0v) is 17.4. The maximum absolute atomic E-state index is 13.4. The summed E-state index contributed by atoms with van der Waals surface area (Å²) in [5.74, 6) is -0.152. The molecule has 0 unspecified atom stereocenters. The molecule has 2 aromatic carbocycles. The van der Waals surface area contributed by atoms with Gasteiger partial charge in [0.2, 0.25) is 0 Å². The lowest BCUT2D eigenvalue weighted by molar-refractivity contribution is -0.534. The second-order valence-corrected chi connectivity index (χ2v) is 8.73. The Hall–Kier alpha value is -2.45. The number of nitrogens with one attached hydrogen (secondary N) is 1. The van der Waals surface area contributed by atoms with E-state index in [-0.39, 0.29) is 16.9 Å². The van der Waals surface area contributed by atoms with Gasteiger partial charge in [-0.05, 0) is 37.1 Å². The lowest BCUT2D eigenvalue weighted by Crippen LogP contribution is -2.55. The van der Waals surface area contributed by atoms with Crippen LogP contribution < -0.4 is 10.1 Å². The monoisotopic (exact) mass is 457 g/mol. The maximum atomic E-state index is 13.4. The van der Waals surface area contributed by atoms with E-state index in [0.717, 1.165) is 22.9 Å². The third kappa shape index (κ3) is 2.36. The number of methoxy groups -OCH3 is 1. The number of nitro groups is 1. The minimum absolute atomic E-state index is 0.106. The maximum Gasteiger partial charge on any atom is 0.256 e. The Morgan fingerprint density at radius 1 is 1.31 bits per heavy atom. The largest absolute Gasteiger partial charge is 0.496 e. The van der Waals surface area contributed by atoms with E-state index in [1.165, 1.54) is 0 Å². The van der Waals surface area contributed by atoms with Crippen molar-refractivity contribution in [3.8, 4) is 5.75 Å². The molecule has 3 aliphatic heterocycles. The third-order valence-corrected chi connectivity index (χ3v) is 7.14. The van der Waals surface area contributed by atoms with Crippen molar-refractivity contribution in [2.45, 2.75) is 36.4 Å². The van der Waals surface area contributed by atoms with Crippen molar-refractivity contribution in [3.63, 3.8) is 0 Å². The van der Waals surface area contributed by atoms with Gasteiger partial charge in [0, 0.05) is 38.8 Å². The summed E-state index contributed by atoms with van der Waals surface area (Å²) >= 11 is 3.50. The summed E-state index contributed by atoms with van der Waals surface area (Å²) in [5, 5.41) is 15.5. The van der Waals surface area contributed by atoms with Crippen LogP contribution in [0.1, 0.15) is 29.9 Å². The van der Waals surface area contributed by atoms with Gasteiger partial charge in [-0.25, -0.2) is 0 Å². The average molecular weight is 458 g/mol. The van der Waals surface area contributed by atoms with Gasteiger partial charge in [-0.15, -0.1) is 0 Å². The molecule has 3 heterocycles. The molecular weight excluding hydrogens is 438 g/mol. The Balaban J connectivity index is 1.78. The number of hydrogen-bond acceptors (Lipinski definition) is 5. The van der Waals surface area contributed by atoms with Gasteiger partial charge in [-0.3, -0.25) is 19.8 Å². The molecule has 2 fully saturated rings. The molecule has 29 heavy (non-hydrogen) atoms. The van der Waals surface area contributed by atoms with Crippen LogP contribution in [-0.2, 0) is 10.3 Å². The molecule has 7 nitrogen and oxygen atoms in total. The molecule has 0 saturated carbocycles. The summed E-state index contributed by atoms with van der Waals surface area (Å²) < 4.78 is 6.40. The normalized spacial score (nSPS) is 30.3. The molecule has 3 aliphatic rings. The Morgan fingerprint density at radius 2 is 2.10 bits per heavy atom. The van der Waals surface area contributed by atoms with Crippen molar-refractivity contribution in [2.24, 2.45) is 0 Å². The number of carbonyl (C=O) groups is 1. The highest BCUT2D eigenvalue weighted by Crippen LogP contribution is 2.59. The SMILES string of the molecule is COc1ccc(Br)cc1[C@H]1[C@H]([N+](=O)[O-])[C@]2(C(=O)Nc3ccccc32)N2CCC[C@@H]12. The van der Waals surface area contributed by atoms with E-state index in [4.69, 9.17) is 4.74 Å². The summed E-state index contributed by atoms with van der Waals surface area (Å²) in [4.78, 5) is 27.8. The second-order valence-electron chi connectivity index (χ2n) is 7.81. The van der Waals surface area contributed by atoms with Crippen LogP contribution in [0.15, 0.2) is 46.9 Å². The number of halogens is 1. The summed E-state index contributed by atoms with van der Waals surface area (Å²) in [5.41, 5.74) is 0.834.